The Labute approximate surface area is 129 Å². The summed E-state index contributed by atoms with van der Waals surface area (Å²) in [5, 5.41) is 9.51. The van der Waals surface area contributed by atoms with Crippen molar-refractivity contribution < 1.29 is 13.2 Å². The van der Waals surface area contributed by atoms with E-state index in [1.54, 1.807) is 18.4 Å². The molecule has 20 heavy (non-hydrogen) atoms. The molecule has 0 radical (unpaired) electrons. The zero-order valence-electron chi connectivity index (χ0n) is 10.4. The van der Waals surface area contributed by atoms with Gasteiger partial charge in [0.2, 0.25) is 10.0 Å². The van der Waals surface area contributed by atoms with E-state index in [4.69, 9.17) is 5.14 Å². The quantitative estimate of drug-likeness (QED) is 0.865. The Morgan fingerprint density at radius 3 is 2.55 bits per heavy atom. The maximum absolute atomic E-state index is 12.0. The highest BCUT2D eigenvalue weighted by molar-refractivity contribution is 9.11. The van der Waals surface area contributed by atoms with Crippen LogP contribution in [0.4, 0.5) is 5.69 Å². The molecule has 0 fully saturated rings. The number of nitrogens with one attached hydrogen (secondary N) is 1. The summed E-state index contributed by atoms with van der Waals surface area (Å²) >= 11 is 4.70. The molecule has 0 saturated heterocycles. The van der Waals surface area contributed by atoms with Gasteiger partial charge in [0, 0.05) is 11.1 Å². The second kappa shape index (κ2) is 5.65. The van der Waals surface area contributed by atoms with Crippen LogP contribution in [0, 0.1) is 6.92 Å². The number of anilines is 1. The summed E-state index contributed by atoms with van der Waals surface area (Å²) in [4.78, 5) is 12.0. The number of amides is 1. The second-order valence-electron chi connectivity index (χ2n) is 4.12. The number of hydrogen-bond acceptors (Lipinski definition) is 4. The first-order chi connectivity index (χ1) is 9.27. The van der Waals surface area contributed by atoms with Crippen molar-refractivity contribution in [3.05, 3.63) is 44.6 Å². The molecule has 0 unspecified atom stereocenters. The Morgan fingerprint density at radius 1 is 1.35 bits per heavy atom. The molecule has 2 rings (SSSR count). The molecule has 1 heterocycles. The van der Waals surface area contributed by atoms with Crippen molar-refractivity contribution in [1.29, 1.82) is 0 Å². The first-order valence-corrected chi connectivity index (χ1v) is 8.68. The fourth-order valence-electron chi connectivity index (χ4n) is 1.58. The molecule has 0 saturated carbocycles. The van der Waals surface area contributed by atoms with Gasteiger partial charge in [0.25, 0.3) is 5.91 Å². The van der Waals surface area contributed by atoms with Crippen LogP contribution in [0.3, 0.4) is 0 Å². The standard InChI is InChI=1S/C12H11BrN2O3S2/c1-7-4-9(20(14,17)18)2-3-10(7)15-12(16)8-5-11(13)19-6-8/h2-6H,1H3,(H,15,16)(H2,14,17,18). The van der Waals surface area contributed by atoms with E-state index in [1.165, 1.54) is 29.5 Å². The molecular formula is C12H11BrN2O3S2. The molecule has 0 bridgehead atoms. The Kier molecular flexibility index (Phi) is 4.28. The minimum absolute atomic E-state index is 0.0197. The summed E-state index contributed by atoms with van der Waals surface area (Å²) in [5.41, 5.74) is 1.71. The molecule has 5 nitrogen and oxygen atoms in total. The SMILES string of the molecule is Cc1cc(S(N)(=O)=O)ccc1NC(=O)c1csc(Br)c1. The molecular weight excluding hydrogens is 364 g/mol. The van der Waals surface area contributed by atoms with Crippen molar-refractivity contribution in [2.24, 2.45) is 5.14 Å². The summed E-state index contributed by atoms with van der Waals surface area (Å²) in [6.07, 6.45) is 0. The van der Waals surface area contributed by atoms with E-state index < -0.39 is 10.0 Å². The molecule has 0 aliphatic carbocycles. The molecule has 1 aromatic carbocycles. The third-order valence-corrected chi connectivity index (χ3v) is 5.02. The third kappa shape index (κ3) is 3.45. The number of nitrogens with two attached hydrogens (primary N) is 1. The number of carbonyl (C=O) groups is 1. The molecule has 0 atom stereocenters. The summed E-state index contributed by atoms with van der Waals surface area (Å²) in [7, 11) is -3.74. The van der Waals surface area contributed by atoms with E-state index in [1.807, 2.05) is 0 Å². The van der Waals surface area contributed by atoms with Gasteiger partial charge in [-0.1, -0.05) is 0 Å². The van der Waals surface area contributed by atoms with E-state index in [-0.39, 0.29) is 10.8 Å². The molecule has 0 aliphatic rings. The van der Waals surface area contributed by atoms with Crippen molar-refractivity contribution in [2.75, 3.05) is 5.32 Å². The summed E-state index contributed by atoms with van der Waals surface area (Å²) in [6, 6.07) is 6.03. The lowest BCUT2D eigenvalue weighted by Gasteiger charge is -2.09. The first-order valence-electron chi connectivity index (χ1n) is 5.46. The van der Waals surface area contributed by atoms with Gasteiger partial charge in [0.15, 0.2) is 0 Å². The Morgan fingerprint density at radius 2 is 2.05 bits per heavy atom. The van der Waals surface area contributed by atoms with E-state index in [0.717, 1.165) is 3.79 Å². The van der Waals surface area contributed by atoms with Gasteiger partial charge in [0.05, 0.1) is 14.2 Å². The number of thiophene rings is 1. The maximum atomic E-state index is 12.0. The number of primary sulfonamides is 1. The highest BCUT2D eigenvalue weighted by Crippen LogP contribution is 2.23. The molecule has 1 aromatic heterocycles. The maximum Gasteiger partial charge on any atom is 0.256 e. The van der Waals surface area contributed by atoms with Crippen LogP contribution in [0.2, 0.25) is 0 Å². The average Bonchev–Trinajstić information content (AvgIpc) is 2.77. The fraction of sp³-hybridized carbons (Fsp3) is 0.0833. The van der Waals surface area contributed by atoms with Crippen LogP contribution in [-0.4, -0.2) is 14.3 Å². The predicted molar refractivity (Wildman–Crippen MR) is 82.5 cm³/mol. The first kappa shape index (κ1) is 15.2. The average molecular weight is 375 g/mol. The van der Waals surface area contributed by atoms with Crippen molar-refractivity contribution in [3.8, 4) is 0 Å². The number of rotatable bonds is 3. The number of halogens is 1. The van der Waals surface area contributed by atoms with E-state index in [9.17, 15) is 13.2 Å². The number of aryl methyl sites for hydroxylation is 1. The van der Waals surface area contributed by atoms with Crippen LogP contribution in [0.25, 0.3) is 0 Å². The predicted octanol–water partition coefficient (Wildman–Crippen LogP) is 2.72. The van der Waals surface area contributed by atoms with Crippen LogP contribution >= 0.6 is 27.3 Å². The minimum Gasteiger partial charge on any atom is -0.322 e. The largest absolute Gasteiger partial charge is 0.322 e. The van der Waals surface area contributed by atoms with Gasteiger partial charge in [0.1, 0.15) is 0 Å². The van der Waals surface area contributed by atoms with Gasteiger partial charge in [-0.25, -0.2) is 13.6 Å². The van der Waals surface area contributed by atoms with Gasteiger partial charge in [-0.05, 0) is 52.7 Å². The van der Waals surface area contributed by atoms with Crippen molar-refractivity contribution >= 4 is 48.9 Å². The van der Waals surface area contributed by atoms with Gasteiger partial charge < -0.3 is 5.32 Å². The van der Waals surface area contributed by atoms with E-state index in [0.29, 0.717) is 16.8 Å². The van der Waals surface area contributed by atoms with Crippen LogP contribution < -0.4 is 10.5 Å². The fourth-order valence-corrected chi connectivity index (χ4v) is 3.31. The number of sulfonamides is 1. The lowest BCUT2D eigenvalue weighted by Crippen LogP contribution is -2.14. The molecule has 3 N–H and O–H groups in total. The van der Waals surface area contributed by atoms with Gasteiger partial charge in [-0.15, -0.1) is 11.3 Å². The van der Waals surface area contributed by atoms with Gasteiger partial charge in [-0.2, -0.15) is 0 Å². The van der Waals surface area contributed by atoms with Crippen molar-refractivity contribution in [1.82, 2.24) is 0 Å². The van der Waals surface area contributed by atoms with E-state index in [2.05, 4.69) is 21.2 Å². The Hall–Kier alpha value is -1.22. The normalized spacial score (nSPS) is 11.3. The number of hydrogen-bond donors (Lipinski definition) is 2. The minimum atomic E-state index is -3.74. The summed E-state index contributed by atoms with van der Waals surface area (Å²) < 4.78 is 23.3. The topological polar surface area (TPSA) is 89.3 Å². The molecule has 0 spiro atoms. The summed E-state index contributed by atoms with van der Waals surface area (Å²) in [5.74, 6) is -0.251. The number of carbonyl (C=O) groups excluding carboxylic acids is 1. The van der Waals surface area contributed by atoms with Gasteiger partial charge >= 0.3 is 0 Å². The van der Waals surface area contributed by atoms with Crippen molar-refractivity contribution in [2.45, 2.75) is 11.8 Å². The Balaban J connectivity index is 2.25. The van der Waals surface area contributed by atoms with Crippen LogP contribution in [0.5, 0.6) is 0 Å². The molecule has 1 amide bonds. The lowest BCUT2D eigenvalue weighted by molar-refractivity contribution is 0.102. The van der Waals surface area contributed by atoms with Crippen LogP contribution in [0.1, 0.15) is 15.9 Å². The monoisotopic (exact) mass is 374 g/mol. The number of benzene rings is 1. The zero-order chi connectivity index (χ0) is 14.9. The van der Waals surface area contributed by atoms with Crippen molar-refractivity contribution in [3.63, 3.8) is 0 Å². The third-order valence-electron chi connectivity index (χ3n) is 2.60. The molecule has 2 aromatic rings. The summed E-state index contributed by atoms with van der Waals surface area (Å²) in [6.45, 7) is 1.70. The van der Waals surface area contributed by atoms with Gasteiger partial charge in [-0.3, -0.25) is 4.79 Å². The van der Waals surface area contributed by atoms with Crippen LogP contribution in [0.15, 0.2) is 38.3 Å². The second-order valence-corrected chi connectivity index (χ2v) is 7.97. The molecule has 0 aliphatic heterocycles. The zero-order valence-corrected chi connectivity index (χ0v) is 13.6. The van der Waals surface area contributed by atoms with E-state index >= 15 is 0 Å². The Bertz CT molecular complexity index is 769. The highest BCUT2D eigenvalue weighted by atomic mass is 79.9. The van der Waals surface area contributed by atoms with Crippen LogP contribution in [-0.2, 0) is 10.0 Å². The smallest absolute Gasteiger partial charge is 0.256 e. The molecule has 106 valence electrons. The molecule has 8 heteroatoms. The highest BCUT2D eigenvalue weighted by Gasteiger charge is 2.12. The lowest BCUT2D eigenvalue weighted by atomic mass is 10.2.